The lowest BCUT2D eigenvalue weighted by atomic mass is 10.1. The summed E-state index contributed by atoms with van der Waals surface area (Å²) in [6.07, 6.45) is 0.288. The van der Waals surface area contributed by atoms with Crippen LogP contribution < -0.4 is 14.4 Å². The molecule has 0 aliphatic rings. The molecular weight excluding hydrogens is 536 g/mol. The van der Waals surface area contributed by atoms with E-state index in [1.807, 2.05) is 0 Å². The number of nitro groups is 1. The summed E-state index contributed by atoms with van der Waals surface area (Å²) in [6, 6.07) is 18.6. The minimum absolute atomic E-state index is 0.0396. The zero-order valence-corrected chi connectivity index (χ0v) is 23.3. The number of non-ortho nitro benzene ring substituents is 1. The third-order valence-corrected chi connectivity index (χ3v) is 8.00. The molecule has 3 rings (SSSR count). The number of likely N-dealkylation sites (N-methyl/N-ethyl adjacent to an activating group) is 1. The van der Waals surface area contributed by atoms with Gasteiger partial charge in [0.2, 0.25) is 11.8 Å². The summed E-state index contributed by atoms with van der Waals surface area (Å²) < 4.78 is 33.6. The van der Waals surface area contributed by atoms with Crippen molar-refractivity contribution in [3.8, 4) is 5.75 Å². The quantitative estimate of drug-likeness (QED) is 0.245. The summed E-state index contributed by atoms with van der Waals surface area (Å²) in [4.78, 5) is 38.8. The summed E-state index contributed by atoms with van der Waals surface area (Å²) in [5.74, 6) is -0.359. The molecule has 212 valence electrons. The molecule has 12 heteroatoms. The third kappa shape index (κ3) is 7.14. The third-order valence-electron chi connectivity index (χ3n) is 6.21. The van der Waals surface area contributed by atoms with Gasteiger partial charge in [-0.15, -0.1) is 0 Å². The van der Waals surface area contributed by atoms with Gasteiger partial charge in [0.15, 0.2) is 0 Å². The Morgan fingerprint density at radius 1 is 0.975 bits per heavy atom. The molecule has 1 atom stereocenters. The number of carbonyl (C=O) groups is 2. The number of carbonyl (C=O) groups excluding carboxylic acids is 2. The Hall–Kier alpha value is -4.45. The second-order valence-electron chi connectivity index (χ2n) is 8.79. The van der Waals surface area contributed by atoms with Crippen LogP contribution in [0.1, 0.15) is 25.8 Å². The molecule has 0 bridgehead atoms. The van der Waals surface area contributed by atoms with Crippen molar-refractivity contribution in [3.05, 3.63) is 94.5 Å². The summed E-state index contributed by atoms with van der Waals surface area (Å²) in [6.45, 7) is 3.29. The molecule has 40 heavy (non-hydrogen) atoms. The first-order valence-corrected chi connectivity index (χ1v) is 14.1. The maximum Gasteiger partial charge on any atom is 0.269 e. The van der Waals surface area contributed by atoms with Crippen LogP contribution in [0.4, 0.5) is 11.4 Å². The van der Waals surface area contributed by atoms with Crippen LogP contribution in [-0.2, 0) is 26.2 Å². The zero-order valence-electron chi connectivity index (χ0n) is 22.5. The van der Waals surface area contributed by atoms with E-state index in [0.29, 0.717) is 17.9 Å². The molecule has 1 N–H and O–H groups in total. The number of hydrogen-bond acceptors (Lipinski definition) is 7. The van der Waals surface area contributed by atoms with Gasteiger partial charge in [0.25, 0.3) is 15.7 Å². The van der Waals surface area contributed by atoms with Crippen molar-refractivity contribution in [1.82, 2.24) is 10.2 Å². The van der Waals surface area contributed by atoms with Crippen LogP contribution in [0, 0.1) is 10.1 Å². The Balaban J connectivity index is 2.05. The van der Waals surface area contributed by atoms with Crippen molar-refractivity contribution in [3.63, 3.8) is 0 Å². The van der Waals surface area contributed by atoms with Crippen LogP contribution in [0.15, 0.2) is 83.8 Å². The lowest BCUT2D eigenvalue weighted by Gasteiger charge is -2.33. The highest BCUT2D eigenvalue weighted by Crippen LogP contribution is 2.27. The molecule has 0 saturated carbocycles. The number of anilines is 1. The van der Waals surface area contributed by atoms with Gasteiger partial charge in [-0.3, -0.25) is 24.0 Å². The molecule has 0 aliphatic carbocycles. The number of nitrogens with zero attached hydrogens (tertiary/aromatic N) is 3. The standard InChI is InChI=1S/C28H32N4O7S/c1-4-26(28(34)29-5-2)30(19-21-11-17-24(39-3)18-12-21)27(33)20-31(22-13-15-23(16-14-22)32(35)36)40(37,38)25-9-7-6-8-10-25/h6-18,26H,4-5,19-20H2,1-3H3,(H,29,34)/t26-/m1/s1. The van der Waals surface area contributed by atoms with Gasteiger partial charge in [-0.1, -0.05) is 37.3 Å². The maximum absolute atomic E-state index is 13.9. The van der Waals surface area contributed by atoms with E-state index in [-0.39, 0.29) is 35.1 Å². The van der Waals surface area contributed by atoms with Crippen LogP contribution in [-0.4, -0.2) is 56.3 Å². The Bertz CT molecular complexity index is 1410. The summed E-state index contributed by atoms with van der Waals surface area (Å²) in [5.41, 5.74) is 0.554. The molecule has 3 aromatic carbocycles. The number of nitro benzene ring substituents is 1. The number of methoxy groups -OCH3 is 1. The monoisotopic (exact) mass is 568 g/mol. The summed E-state index contributed by atoms with van der Waals surface area (Å²) in [5, 5.41) is 13.9. The van der Waals surface area contributed by atoms with Gasteiger partial charge in [-0.2, -0.15) is 0 Å². The highest BCUT2D eigenvalue weighted by molar-refractivity contribution is 7.92. The molecule has 0 unspecified atom stereocenters. The van der Waals surface area contributed by atoms with Gasteiger partial charge in [-0.05, 0) is 55.3 Å². The fraction of sp³-hybridized carbons (Fsp3) is 0.286. The molecule has 3 aromatic rings. The largest absolute Gasteiger partial charge is 0.497 e. The molecular formula is C28H32N4O7S. The van der Waals surface area contributed by atoms with Crippen molar-refractivity contribution in [2.75, 3.05) is 24.5 Å². The highest BCUT2D eigenvalue weighted by atomic mass is 32.2. The fourth-order valence-electron chi connectivity index (χ4n) is 4.13. The first-order chi connectivity index (χ1) is 19.1. The Morgan fingerprint density at radius 2 is 1.60 bits per heavy atom. The number of amides is 2. The SMILES string of the molecule is CCNC(=O)[C@@H](CC)N(Cc1ccc(OC)cc1)C(=O)CN(c1ccc([N+](=O)[O-])cc1)S(=O)(=O)c1ccccc1. The van der Waals surface area contributed by atoms with Crippen LogP contribution in [0.5, 0.6) is 5.75 Å². The van der Waals surface area contributed by atoms with Gasteiger partial charge in [0, 0.05) is 25.2 Å². The van der Waals surface area contributed by atoms with Crippen LogP contribution in [0.25, 0.3) is 0 Å². The van der Waals surface area contributed by atoms with E-state index in [2.05, 4.69) is 5.32 Å². The van der Waals surface area contributed by atoms with Crippen LogP contribution in [0.2, 0.25) is 0 Å². The normalized spacial score (nSPS) is 11.8. The number of rotatable bonds is 13. The van der Waals surface area contributed by atoms with Gasteiger partial charge < -0.3 is 15.0 Å². The van der Waals surface area contributed by atoms with E-state index < -0.39 is 33.4 Å². The fourth-order valence-corrected chi connectivity index (χ4v) is 5.56. The van der Waals surface area contributed by atoms with E-state index in [1.54, 1.807) is 56.3 Å². The summed E-state index contributed by atoms with van der Waals surface area (Å²) in [7, 11) is -2.73. The second-order valence-corrected chi connectivity index (χ2v) is 10.6. The lowest BCUT2D eigenvalue weighted by molar-refractivity contribution is -0.384. The van der Waals surface area contributed by atoms with Crippen molar-refractivity contribution >= 4 is 33.2 Å². The van der Waals surface area contributed by atoms with Crippen LogP contribution in [0.3, 0.4) is 0 Å². The van der Waals surface area contributed by atoms with Crippen molar-refractivity contribution in [1.29, 1.82) is 0 Å². The second kappa shape index (κ2) is 13.6. The smallest absolute Gasteiger partial charge is 0.269 e. The predicted molar refractivity (Wildman–Crippen MR) is 150 cm³/mol. The molecule has 0 aromatic heterocycles. The molecule has 0 heterocycles. The van der Waals surface area contributed by atoms with E-state index in [9.17, 15) is 28.1 Å². The van der Waals surface area contributed by atoms with Gasteiger partial charge >= 0.3 is 0 Å². The van der Waals surface area contributed by atoms with Gasteiger partial charge in [0.05, 0.1) is 22.6 Å². The first kappa shape index (κ1) is 30.1. The minimum Gasteiger partial charge on any atom is -0.497 e. The minimum atomic E-state index is -4.26. The van der Waals surface area contributed by atoms with E-state index in [1.165, 1.54) is 48.4 Å². The van der Waals surface area contributed by atoms with Crippen molar-refractivity contribution in [2.45, 2.75) is 37.8 Å². The van der Waals surface area contributed by atoms with Crippen molar-refractivity contribution in [2.24, 2.45) is 0 Å². The molecule has 0 aliphatic heterocycles. The van der Waals surface area contributed by atoms with Gasteiger partial charge in [0.1, 0.15) is 18.3 Å². The maximum atomic E-state index is 13.9. The van der Waals surface area contributed by atoms with E-state index in [4.69, 9.17) is 4.74 Å². The Kier molecular flexibility index (Phi) is 10.2. The average molecular weight is 569 g/mol. The molecule has 0 spiro atoms. The molecule has 0 radical (unpaired) electrons. The molecule has 11 nitrogen and oxygen atoms in total. The number of benzene rings is 3. The Labute approximate surface area is 233 Å². The Morgan fingerprint density at radius 3 is 2.12 bits per heavy atom. The van der Waals surface area contributed by atoms with E-state index >= 15 is 0 Å². The molecule has 0 fully saturated rings. The first-order valence-electron chi connectivity index (χ1n) is 12.6. The topological polar surface area (TPSA) is 139 Å². The number of sulfonamides is 1. The van der Waals surface area contributed by atoms with Crippen LogP contribution >= 0.6 is 0 Å². The van der Waals surface area contributed by atoms with E-state index in [0.717, 1.165) is 4.31 Å². The number of nitrogens with one attached hydrogen (secondary N) is 1. The molecule has 0 saturated heterocycles. The molecule has 2 amide bonds. The lowest BCUT2D eigenvalue weighted by Crippen LogP contribution is -2.52. The van der Waals surface area contributed by atoms with Crippen molar-refractivity contribution < 1.29 is 27.7 Å². The number of hydrogen-bond donors (Lipinski definition) is 1. The highest BCUT2D eigenvalue weighted by Gasteiger charge is 2.33. The number of ether oxygens (including phenoxy) is 1. The summed E-state index contributed by atoms with van der Waals surface area (Å²) >= 11 is 0. The predicted octanol–water partition coefficient (Wildman–Crippen LogP) is 3.74. The average Bonchev–Trinajstić information content (AvgIpc) is 2.96. The zero-order chi connectivity index (χ0) is 29.3. The van der Waals surface area contributed by atoms with Gasteiger partial charge in [-0.25, -0.2) is 8.42 Å².